The topological polar surface area (TPSA) is 57.2 Å². The van der Waals surface area contributed by atoms with Crippen LogP contribution in [0, 0.1) is 0 Å². The fraction of sp³-hybridized carbons (Fsp3) is 0.583. The Kier molecular flexibility index (Phi) is 4.40. The maximum Gasteiger partial charge on any atom is 0.355 e. The third-order valence-electron chi connectivity index (χ3n) is 2.37. The Morgan fingerprint density at radius 1 is 1.56 bits per heavy atom. The number of nitrogens with zero attached hydrogens (tertiary/aromatic N) is 1. The van der Waals surface area contributed by atoms with Crippen molar-refractivity contribution >= 4 is 11.7 Å². The maximum absolute atomic E-state index is 11.8. The molecule has 0 saturated heterocycles. The summed E-state index contributed by atoms with van der Waals surface area (Å²) in [7, 11) is 0. The van der Waals surface area contributed by atoms with Crippen molar-refractivity contribution in [3.05, 3.63) is 18.0 Å². The highest BCUT2D eigenvalue weighted by molar-refractivity contribution is 5.89. The van der Waals surface area contributed by atoms with Gasteiger partial charge in [0.15, 0.2) is 0 Å². The zero-order valence-corrected chi connectivity index (χ0v) is 10.2. The smallest absolute Gasteiger partial charge is 0.355 e. The second-order valence-electron chi connectivity index (χ2n) is 4.15. The van der Waals surface area contributed by atoms with E-state index in [-0.39, 0.29) is 12.0 Å². The molecule has 0 aliphatic rings. The second kappa shape index (κ2) is 5.58. The zero-order valence-electron chi connectivity index (χ0n) is 10.2. The van der Waals surface area contributed by atoms with E-state index in [1.807, 2.05) is 18.4 Å². The summed E-state index contributed by atoms with van der Waals surface area (Å²) in [6, 6.07) is 1.86. The monoisotopic (exact) mass is 224 g/mol. The molecule has 4 heteroatoms. The minimum Gasteiger partial charge on any atom is -0.461 e. The SMILES string of the molecule is CCCCOC(=O)c1cc(N)cn1C(C)C. The van der Waals surface area contributed by atoms with E-state index < -0.39 is 0 Å². The Labute approximate surface area is 96.4 Å². The lowest BCUT2D eigenvalue weighted by atomic mass is 10.3. The van der Waals surface area contributed by atoms with Crippen LogP contribution in [-0.2, 0) is 4.74 Å². The van der Waals surface area contributed by atoms with Crippen molar-refractivity contribution in [2.45, 2.75) is 39.7 Å². The van der Waals surface area contributed by atoms with E-state index >= 15 is 0 Å². The summed E-state index contributed by atoms with van der Waals surface area (Å²) < 4.78 is 6.99. The van der Waals surface area contributed by atoms with Crippen molar-refractivity contribution < 1.29 is 9.53 Å². The van der Waals surface area contributed by atoms with Crippen LogP contribution in [0.1, 0.15) is 50.1 Å². The normalized spacial score (nSPS) is 10.8. The van der Waals surface area contributed by atoms with E-state index in [1.165, 1.54) is 0 Å². The second-order valence-corrected chi connectivity index (χ2v) is 4.15. The number of aromatic nitrogens is 1. The molecule has 0 aliphatic carbocycles. The number of rotatable bonds is 5. The zero-order chi connectivity index (χ0) is 12.1. The van der Waals surface area contributed by atoms with Gasteiger partial charge < -0.3 is 15.0 Å². The summed E-state index contributed by atoms with van der Waals surface area (Å²) >= 11 is 0. The number of ether oxygens (including phenoxy) is 1. The van der Waals surface area contributed by atoms with Gasteiger partial charge >= 0.3 is 5.97 Å². The molecule has 0 saturated carbocycles. The Morgan fingerprint density at radius 3 is 2.81 bits per heavy atom. The van der Waals surface area contributed by atoms with E-state index in [1.54, 1.807) is 12.3 Å². The Bertz CT molecular complexity index is 356. The van der Waals surface area contributed by atoms with Gasteiger partial charge in [0, 0.05) is 12.2 Å². The van der Waals surface area contributed by atoms with Crippen LogP contribution < -0.4 is 5.73 Å². The molecule has 0 radical (unpaired) electrons. The van der Waals surface area contributed by atoms with Gasteiger partial charge in [-0.3, -0.25) is 0 Å². The predicted molar refractivity (Wildman–Crippen MR) is 64.4 cm³/mol. The lowest BCUT2D eigenvalue weighted by Gasteiger charge is -2.11. The van der Waals surface area contributed by atoms with Crippen LogP contribution >= 0.6 is 0 Å². The third kappa shape index (κ3) is 3.02. The number of esters is 1. The number of carbonyl (C=O) groups excluding carboxylic acids is 1. The maximum atomic E-state index is 11.8. The number of anilines is 1. The van der Waals surface area contributed by atoms with Gasteiger partial charge in [-0.25, -0.2) is 4.79 Å². The molecule has 0 aromatic carbocycles. The molecule has 0 spiro atoms. The summed E-state index contributed by atoms with van der Waals surface area (Å²) in [6.45, 7) is 6.53. The van der Waals surface area contributed by atoms with Gasteiger partial charge in [-0.1, -0.05) is 13.3 Å². The van der Waals surface area contributed by atoms with Gasteiger partial charge in [0.1, 0.15) is 5.69 Å². The summed E-state index contributed by atoms with van der Waals surface area (Å²) in [5.41, 5.74) is 6.81. The molecule has 0 fully saturated rings. The van der Waals surface area contributed by atoms with E-state index in [0.717, 1.165) is 12.8 Å². The van der Waals surface area contributed by atoms with Crippen molar-refractivity contribution in [3.63, 3.8) is 0 Å². The molecule has 90 valence electrons. The number of nitrogens with two attached hydrogens (primary N) is 1. The number of nitrogen functional groups attached to an aromatic ring is 1. The van der Waals surface area contributed by atoms with E-state index in [4.69, 9.17) is 10.5 Å². The summed E-state index contributed by atoms with van der Waals surface area (Å²) in [5.74, 6) is -0.293. The van der Waals surface area contributed by atoms with Crippen molar-refractivity contribution in [1.29, 1.82) is 0 Å². The molecule has 1 aromatic rings. The lowest BCUT2D eigenvalue weighted by molar-refractivity contribution is 0.0485. The molecule has 0 amide bonds. The standard InChI is InChI=1S/C12H20N2O2/c1-4-5-6-16-12(15)11-7-10(13)8-14(11)9(2)3/h7-9H,4-6,13H2,1-3H3. The molecular formula is C12H20N2O2. The van der Waals surface area contributed by atoms with Gasteiger partial charge in [0.05, 0.1) is 12.3 Å². The Hall–Kier alpha value is -1.45. The van der Waals surface area contributed by atoms with Crippen LogP contribution in [0.5, 0.6) is 0 Å². The number of hydrogen-bond donors (Lipinski definition) is 1. The van der Waals surface area contributed by atoms with Crippen molar-refractivity contribution in [2.24, 2.45) is 0 Å². The number of hydrogen-bond acceptors (Lipinski definition) is 3. The molecule has 0 unspecified atom stereocenters. The lowest BCUT2D eigenvalue weighted by Crippen LogP contribution is -2.13. The molecule has 1 heterocycles. The van der Waals surface area contributed by atoms with E-state index in [2.05, 4.69) is 6.92 Å². The molecule has 0 aliphatic heterocycles. The van der Waals surface area contributed by atoms with Gasteiger partial charge in [-0.2, -0.15) is 0 Å². The van der Waals surface area contributed by atoms with Crippen LogP contribution in [0.25, 0.3) is 0 Å². The van der Waals surface area contributed by atoms with Crippen molar-refractivity contribution in [3.8, 4) is 0 Å². The summed E-state index contributed by atoms with van der Waals surface area (Å²) in [5, 5.41) is 0. The predicted octanol–water partition coefficient (Wildman–Crippen LogP) is 2.61. The molecule has 0 atom stereocenters. The van der Waals surface area contributed by atoms with Crippen LogP contribution in [0.3, 0.4) is 0 Å². The van der Waals surface area contributed by atoms with E-state index in [9.17, 15) is 4.79 Å². The van der Waals surface area contributed by atoms with Gasteiger partial charge in [-0.05, 0) is 26.3 Å². The van der Waals surface area contributed by atoms with Gasteiger partial charge in [0.2, 0.25) is 0 Å². The first-order valence-electron chi connectivity index (χ1n) is 5.70. The molecule has 1 rings (SSSR count). The average Bonchev–Trinajstić information content (AvgIpc) is 2.61. The van der Waals surface area contributed by atoms with Crippen molar-refractivity contribution in [2.75, 3.05) is 12.3 Å². The largest absolute Gasteiger partial charge is 0.461 e. The first kappa shape index (κ1) is 12.6. The molecule has 2 N–H and O–H groups in total. The number of carbonyl (C=O) groups is 1. The van der Waals surface area contributed by atoms with Crippen LogP contribution in [0.4, 0.5) is 5.69 Å². The van der Waals surface area contributed by atoms with Gasteiger partial charge in [-0.15, -0.1) is 0 Å². The third-order valence-corrected chi connectivity index (χ3v) is 2.37. The van der Waals surface area contributed by atoms with Crippen LogP contribution in [-0.4, -0.2) is 17.1 Å². The highest BCUT2D eigenvalue weighted by Crippen LogP contribution is 2.17. The number of unbranched alkanes of at least 4 members (excludes halogenated alkanes) is 1. The summed E-state index contributed by atoms with van der Waals surface area (Å²) in [4.78, 5) is 11.8. The Balaban J connectivity index is 2.74. The van der Waals surface area contributed by atoms with Crippen LogP contribution in [0.15, 0.2) is 12.3 Å². The molecule has 1 aromatic heterocycles. The highest BCUT2D eigenvalue weighted by atomic mass is 16.5. The average molecular weight is 224 g/mol. The summed E-state index contributed by atoms with van der Waals surface area (Å²) in [6.07, 6.45) is 3.67. The molecule has 16 heavy (non-hydrogen) atoms. The first-order chi connectivity index (χ1) is 7.56. The quantitative estimate of drug-likeness (QED) is 0.617. The fourth-order valence-corrected chi connectivity index (χ4v) is 1.47. The molecular weight excluding hydrogens is 204 g/mol. The highest BCUT2D eigenvalue weighted by Gasteiger charge is 2.15. The van der Waals surface area contributed by atoms with Crippen LogP contribution in [0.2, 0.25) is 0 Å². The van der Waals surface area contributed by atoms with Crippen molar-refractivity contribution in [1.82, 2.24) is 4.57 Å². The molecule has 0 bridgehead atoms. The fourth-order valence-electron chi connectivity index (χ4n) is 1.47. The Morgan fingerprint density at radius 2 is 2.25 bits per heavy atom. The van der Waals surface area contributed by atoms with Gasteiger partial charge in [0.25, 0.3) is 0 Å². The first-order valence-corrected chi connectivity index (χ1v) is 5.70. The minimum atomic E-state index is -0.293. The van der Waals surface area contributed by atoms with E-state index in [0.29, 0.717) is 18.0 Å². The minimum absolute atomic E-state index is 0.200. The molecule has 4 nitrogen and oxygen atoms in total.